The molecular formula is C22H36NNaO2. The minimum Gasteiger partial charge on any atom is -1.00 e. The average molecular weight is 370 g/mol. The number of hydrogen-bond acceptors (Lipinski definition) is 2. The minimum atomic E-state index is -0.936. The molecule has 0 saturated heterocycles. The maximum Gasteiger partial charge on any atom is 1.00 e. The van der Waals surface area contributed by atoms with E-state index >= 15 is 0 Å². The van der Waals surface area contributed by atoms with Crippen LogP contribution in [0.15, 0.2) is 72.9 Å². The average Bonchev–Trinajstić information content (AvgIpc) is 2.56. The summed E-state index contributed by atoms with van der Waals surface area (Å²) in [6.07, 6.45) is 32.7. The van der Waals surface area contributed by atoms with Gasteiger partial charge in [-0.2, -0.15) is 0 Å². The molecule has 0 radical (unpaired) electrons. The molecule has 0 aliphatic carbocycles. The maximum atomic E-state index is 10.2. The fourth-order valence-electron chi connectivity index (χ4n) is 2.05. The summed E-state index contributed by atoms with van der Waals surface area (Å²) in [5, 5.41) is 8.39. The third-order valence-electron chi connectivity index (χ3n) is 3.35. The van der Waals surface area contributed by atoms with Gasteiger partial charge >= 0.3 is 35.5 Å². The Morgan fingerprint density at radius 2 is 1.15 bits per heavy atom. The molecule has 0 fully saturated rings. The fourth-order valence-corrected chi connectivity index (χ4v) is 2.05. The molecular weight excluding hydrogens is 333 g/mol. The van der Waals surface area contributed by atoms with Crippen molar-refractivity contribution in [2.24, 2.45) is 0 Å². The second-order valence-electron chi connectivity index (χ2n) is 5.58. The normalized spacial score (nSPS) is 12.0. The van der Waals surface area contributed by atoms with E-state index < -0.39 is 5.97 Å². The quantitative estimate of drug-likeness (QED) is 0.212. The number of carbonyl (C=O) groups is 1. The Hall–Kier alpha value is -1.13. The summed E-state index contributed by atoms with van der Waals surface area (Å²) in [6.45, 7) is 2.25. The van der Waals surface area contributed by atoms with Crippen LogP contribution < -0.4 is 35.7 Å². The van der Waals surface area contributed by atoms with Gasteiger partial charge in [-0.15, -0.1) is 0 Å². The van der Waals surface area contributed by atoms with Crippen molar-refractivity contribution >= 4 is 5.97 Å². The van der Waals surface area contributed by atoms with Crippen molar-refractivity contribution in [1.82, 2.24) is 6.15 Å². The Morgan fingerprint density at radius 3 is 1.65 bits per heavy atom. The van der Waals surface area contributed by atoms with E-state index in [0.29, 0.717) is 0 Å². The predicted molar refractivity (Wildman–Crippen MR) is 111 cm³/mol. The van der Waals surface area contributed by atoms with Crippen LogP contribution in [-0.4, -0.2) is 11.1 Å². The Morgan fingerprint density at radius 1 is 0.731 bits per heavy atom. The van der Waals surface area contributed by atoms with Crippen LogP contribution in [0.4, 0.5) is 0 Å². The van der Waals surface area contributed by atoms with E-state index in [9.17, 15) is 4.79 Å². The largest absolute Gasteiger partial charge is 1.00 e. The van der Waals surface area contributed by atoms with Crippen molar-refractivity contribution in [1.29, 1.82) is 0 Å². The summed E-state index contributed by atoms with van der Waals surface area (Å²) in [4.78, 5) is 10.2. The number of aliphatic carboxylic acids is 1. The Labute approximate surface area is 183 Å². The van der Waals surface area contributed by atoms with Crippen molar-refractivity contribution in [3.8, 4) is 0 Å². The van der Waals surface area contributed by atoms with Crippen LogP contribution in [0.2, 0.25) is 0 Å². The zero-order valence-corrected chi connectivity index (χ0v) is 18.6. The molecule has 0 saturated carbocycles. The van der Waals surface area contributed by atoms with Crippen LogP contribution in [0.3, 0.4) is 0 Å². The molecule has 0 heterocycles. The first-order valence-electron chi connectivity index (χ1n) is 9.00. The zero-order valence-electron chi connectivity index (χ0n) is 17.6. The predicted octanol–water partition coefficient (Wildman–Crippen LogP) is 3.83. The van der Waals surface area contributed by atoms with Gasteiger partial charge in [0, 0.05) is 6.08 Å². The van der Waals surface area contributed by atoms with Crippen molar-refractivity contribution in [2.75, 3.05) is 0 Å². The molecule has 0 bridgehead atoms. The molecule has 0 aliphatic rings. The van der Waals surface area contributed by atoms with Gasteiger partial charge < -0.3 is 12.7 Å². The van der Waals surface area contributed by atoms with Gasteiger partial charge in [-0.3, -0.25) is 0 Å². The van der Waals surface area contributed by atoms with Crippen LogP contribution in [0.25, 0.3) is 0 Å². The van der Waals surface area contributed by atoms with Gasteiger partial charge in [-0.25, -0.2) is 4.79 Å². The monoisotopic (exact) mass is 369 g/mol. The number of carboxylic acid groups (broad SMARTS) is 1. The molecule has 4 N–H and O–H groups in total. The number of hydrogen-bond donors (Lipinski definition) is 2. The summed E-state index contributed by atoms with van der Waals surface area (Å²) in [6, 6.07) is 0. The van der Waals surface area contributed by atoms with Gasteiger partial charge in [0.2, 0.25) is 0 Å². The van der Waals surface area contributed by atoms with E-state index in [-0.39, 0.29) is 37.1 Å². The first kappa shape index (κ1) is 29.6. The molecule has 0 spiro atoms. The van der Waals surface area contributed by atoms with E-state index in [2.05, 4.69) is 19.1 Å². The van der Waals surface area contributed by atoms with Gasteiger partial charge in [-0.05, 0) is 12.8 Å². The molecule has 3 nitrogen and oxygen atoms in total. The van der Waals surface area contributed by atoms with Crippen LogP contribution in [0.5, 0.6) is 0 Å². The molecule has 26 heavy (non-hydrogen) atoms. The van der Waals surface area contributed by atoms with E-state index in [1.807, 2.05) is 36.5 Å². The van der Waals surface area contributed by atoms with Crippen molar-refractivity contribution in [3.05, 3.63) is 72.9 Å². The van der Waals surface area contributed by atoms with E-state index in [4.69, 9.17) is 5.11 Å². The molecule has 0 aromatic heterocycles. The first-order chi connectivity index (χ1) is 11.8. The number of rotatable bonds is 14. The second kappa shape index (κ2) is 26.1. The van der Waals surface area contributed by atoms with Crippen LogP contribution >= 0.6 is 0 Å². The Balaban J connectivity index is -0.000000882. The molecule has 4 heteroatoms. The molecule has 142 valence electrons. The van der Waals surface area contributed by atoms with Crippen molar-refractivity contribution < 1.29 is 40.9 Å². The smallest absolute Gasteiger partial charge is 1.00 e. The fraction of sp³-hybridized carbons (Fsp3) is 0.409. The maximum absolute atomic E-state index is 10.2. The Bertz CT molecular complexity index is 481. The van der Waals surface area contributed by atoms with E-state index in [1.165, 1.54) is 51.0 Å². The van der Waals surface area contributed by atoms with Gasteiger partial charge in [0.25, 0.3) is 0 Å². The third kappa shape index (κ3) is 27.7. The number of unbranched alkanes of at least 4 members (excludes halogenated alkanes) is 7. The Kier molecular flexibility index (Phi) is 29.7. The van der Waals surface area contributed by atoms with Crippen LogP contribution in [-0.2, 0) is 4.79 Å². The molecule has 0 aromatic rings. The summed E-state index contributed by atoms with van der Waals surface area (Å²) in [5.74, 6) is -0.936. The first-order valence-corrected chi connectivity index (χ1v) is 9.00. The van der Waals surface area contributed by atoms with Gasteiger partial charge in [0.05, 0.1) is 0 Å². The topological polar surface area (TPSA) is 72.3 Å². The molecule has 0 aliphatic heterocycles. The van der Waals surface area contributed by atoms with Gasteiger partial charge in [0.15, 0.2) is 0 Å². The second-order valence-corrected chi connectivity index (χ2v) is 5.58. The van der Waals surface area contributed by atoms with E-state index in [0.717, 1.165) is 12.5 Å². The van der Waals surface area contributed by atoms with E-state index in [1.54, 1.807) is 12.2 Å². The third-order valence-corrected chi connectivity index (χ3v) is 3.35. The summed E-state index contributed by atoms with van der Waals surface area (Å²) < 4.78 is 0. The summed E-state index contributed by atoms with van der Waals surface area (Å²) >= 11 is 0. The SMILES string of the molecule is CCCCCCCCCC=CC=CC=CC=CC=CC=CC(=O)O.N.[H-].[Na+]. The van der Waals surface area contributed by atoms with Crippen LogP contribution in [0, 0.1) is 0 Å². The zero-order chi connectivity index (χ0) is 17.7. The van der Waals surface area contributed by atoms with Crippen LogP contribution in [0.1, 0.15) is 59.7 Å². The van der Waals surface area contributed by atoms with Crippen molar-refractivity contribution in [3.63, 3.8) is 0 Å². The molecule has 0 aromatic carbocycles. The molecule has 0 amide bonds. The molecule has 0 unspecified atom stereocenters. The summed E-state index contributed by atoms with van der Waals surface area (Å²) in [5.41, 5.74) is 0. The number of allylic oxidation sites excluding steroid dienone is 11. The van der Waals surface area contributed by atoms with Crippen molar-refractivity contribution in [2.45, 2.75) is 58.3 Å². The van der Waals surface area contributed by atoms with Gasteiger partial charge in [0.1, 0.15) is 0 Å². The standard InChI is InChI=1S/C22H32O2.H3N.Na.H/c1-2-3-4-5-6-7-8-9-10-11-12-13-14-15-16-17-18-19-20-21-22(23)24;;;/h10-21H,2-9H2,1H3,(H,23,24);1H3;;/q;;+1;-1. The molecule has 0 atom stereocenters. The number of carboxylic acids is 1. The van der Waals surface area contributed by atoms with Gasteiger partial charge in [-0.1, -0.05) is 112 Å². The molecule has 0 rings (SSSR count). The minimum absolute atomic E-state index is 0. The summed E-state index contributed by atoms with van der Waals surface area (Å²) in [7, 11) is 0.